The van der Waals surface area contributed by atoms with E-state index < -0.39 is 0 Å². The minimum atomic E-state index is -0.361. The van der Waals surface area contributed by atoms with Crippen LogP contribution in [0.3, 0.4) is 0 Å². The summed E-state index contributed by atoms with van der Waals surface area (Å²) in [5.41, 5.74) is 6.26. The number of urea groups is 1. The number of benzene rings is 1. The minimum Gasteiger partial charge on any atom is -0.378 e. The topological polar surface area (TPSA) is 102 Å². The number of rotatable bonds is 2. The van der Waals surface area contributed by atoms with Crippen LogP contribution in [0.4, 0.5) is 16.2 Å². The summed E-state index contributed by atoms with van der Waals surface area (Å²) in [5, 5.41) is 10.5. The lowest BCUT2D eigenvalue weighted by Crippen LogP contribution is -2.43. The molecule has 132 valence electrons. The first-order valence-corrected chi connectivity index (χ1v) is 8.19. The van der Waals surface area contributed by atoms with Crippen molar-refractivity contribution >= 4 is 17.4 Å². The Hall–Kier alpha value is -2.35. The number of nitrogens with zero attached hydrogens (tertiary/aromatic N) is 3. The molecule has 2 N–H and O–H groups in total. The monoisotopic (exact) mass is 336 g/mol. The van der Waals surface area contributed by atoms with Gasteiger partial charge in [-0.2, -0.15) is 0 Å². The van der Waals surface area contributed by atoms with Crippen LogP contribution < -0.4 is 10.6 Å². The highest BCUT2D eigenvalue weighted by Crippen LogP contribution is 2.22. The van der Waals surface area contributed by atoms with Crippen LogP contribution in [0.15, 0.2) is 24.3 Å². The molecule has 0 atom stereocenters. The van der Waals surface area contributed by atoms with Crippen molar-refractivity contribution in [1.29, 1.82) is 0 Å². The molecule has 8 heteroatoms. The van der Waals surface area contributed by atoms with Gasteiger partial charge >= 0.3 is 6.03 Å². The normalized spacial score (nSPS) is 17.7. The zero-order valence-electron chi connectivity index (χ0n) is 13.7. The van der Waals surface area contributed by atoms with Crippen LogP contribution in [0.2, 0.25) is 0 Å². The number of hydrogen-bond acceptors (Lipinski definition) is 5. The zero-order chi connectivity index (χ0) is 17.4. The molecule has 1 aromatic carbocycles. The Kier molecular flexibility index (Phi) is 6.80. The van der Waals surface area contributed by atoms with Crippen LogP contribution in [-0.4, -0.2) is 55.2 Å². The second-order valence-corrected chi connectivity index (χ2v) is 5.76. The molecular weight excluding hydrogens is 312 g/mol. The molecule has 0 aliphatic carbocycles. The standard InChI is InChI=1S/C11H14N2O2.C5H10N2O2/c14-13(15)11-6-4-10(5-7-11)12-8-2-1-3-9-12;6-5(8)7-1-3-9-4-2-7/h4-7H,1-3,8-9H2;1-4H2,(H2,6,8). The van der Waals surface area contributed by atoms with Crippen LogP contribution in [-0.2, 0) is 4.74 Å². The summed E-state index contributed by atoms with van der Waals surface area (Å²) in [5.74, 6) is 0. The lowest BCUT2D eigenvalue weighted by Gasteiger charge is -2.28. The average molecular weight is 336 g/mol. The molecule has 0 aromatic heterocycles. The summed E-state index contributed by atoms with van der Waals surface area (Å²) < 4.78 is 5.00. The molecule has 0 spiro atoms. The second-order valence-electron chi connectivity index (χ2n) is 5.76. The number of carbonyl (C=O) groups excluding carboxylic acids is 1. The van der Waals surface area contributed by atoms with Crippen LogP contribution in [0.25, 0.3) is 0 Å². The molecule has 0 unspecified atom stereocenters. The number of hydrogen-bond donors (Lipinski definition) is 1. The van der Waals surface area contributed by atoms with Crippen LogP contribution >= 0.6 is 0 Å². The highest BCUT2D eigenvalue weighted by atomic mass is 16.6. The predicted molar refractivity (Wildman–Crippen MR) is 91.1 cm³/mol. The molecule has 3 rings (SSSR count). The third-order valence-electron chi connectivity index (χ3n) is 4.10. The number of anilines is 1. The van der Waals surface area contributed by atoms with Gasteiger partial charge in [-0.15, -0.1) is 0 Å². The average Bonchev–Trinajstić information content (AvgIpc) is 2.64. The van der Waals surface area contributed by atoms with Crippen molar-refractivity contribution in [3.63, 3.8) is 0 Å². The van der Waals surface area contributed by atoms with Crippen molar-refractivity contribution in [2.45, 2.75) is 19.3 Å². The zero-order valence-corrected chi connectivity index (χ0v) is 13.7. The molecule has 0 radical (unpaired) electrons. The van der Waals surface area contributed by atoms with E-state index in [4.69, 9.17) is 10.5 Å². The van der Waals surface area contributed by atoms with Crippen molar-refractivity contribution in [3.8, 4) is 0 Å². The van der Waals surface area contributed by atoms with E-state index in [2.05, 4.69) is 4.90 Å². The minimum absolute atomic E-state index is 0.163. The van der Waals surface area contributed by atoms with Gasteiger partial charge in [-0.1, -0.05) is 0 Å². The SMILES string of the molecule is NC(=O)N1CCOCC1.O=[N+]([O-])c1ccc(N2CCCCC2)cc1. The van der Waals surface area contributed by atoms with Crippen LogP contribution in [0, 0.1) is 10.1 Å². The van der Waals surface area contributed by atoms with Crippen molar-refractivity contribution in [1.82, 2.24) is 4.90 Å². The fourth-order valence-corrected chi connectivity index (χ4v) is 2.72. The Morgan fingerprint density at radius 3 is 2.08 bits per heavy atom. The Balaban J connectivity index is 0.000000198. The van der Waals surface area contributed by atoms with Crippen LogP contribution in [0.5, 0.6) is 0 Å². The van der Waals surface area contributed by atoms with E-state index >= 15 is 0 Å². The van der Waals surface area contributed by atoms with E-state index in [-0.39, 0.29) is 16.6 Å². The molecule has 2 fully saturated rings. The number of non-ortho nitro benzene ring substituents is 1. The highest BCUT2D eigenvalue weighted by molar-refractivity contribution is 5.72. The first-order chi connectivity index (χ1) is 11.6. The summed E-state index contributed by atoms with van der Waals surface area (Å²) in [7, 11) is 0. The van der Waals surface area contributed by atoms with Gasteiger partial charge in [0.25, 0.3) is 5.69 Å². The van der Waals surface area contributed by atoms with E-state index in [1.165, 1.54) is 19.3 Å². The number of primary amides is 1. The van der Waals surface area contributed by atoms with Gasteiger partial charge in [-0.25, -0.2) is 4.79 Å². The number of nitrogens with two attached hydrogens (primary N) is 1. The summed E-state index contributed by atoms with van der Waals surface area (Å²) in [6.07, 6.45) is 3.73. The number of ether oxygens (including phenoxy) is 1. The lowest BCUT2D eigenvalue weighted by atomic mass is 10.1. The van der Waals surface area contributed by atoms with Gasteiger partial charge in [0, 0.05) is 44.0 Å². The molecule has 24 heavy (non-hydrogen) atoms. The fraction of sp³-hybridized carbons (Fsp3) is 0.562. The van der Waals surface area contributed by atoms with Gasteiger partial charge in [-0.05, 0) is 31.4 Å². The summed E-state index contributed by atoms with van der Waals surface area (Å²) in [6, 6.07) is 6.47. The summed E-state index contributed by atoms with van der Waals surface area (Å²) in [6.45, 7) is 4.63. The molecule has 2 amide bonds. The molecule has 8 nitrogen and oxygen atoms in total. The van der Waals surface area contributed by atoms with Crippen molar-refractivity contribution < 1.29 is 14.5 Å². The molecule has 2 saturated heterocycles. The second kappa shape index (κ2) is 9.07. The molecule has 1 aromatic rings. The molecule has 0 saturated carbocycles. The van der Waals surface area contributed by atoms with Gasteiger partial charge in [-0.3, -0.25) is 10.1 Å². The van der Waals surface area contributed by atoms with Crippen molar-refractivity contribution in [2.75, 3.05) is 44.3 Å². The maximum atomic E-state index is 10.5. The lowest BCUT2D eigenvalue weighted by molar-refractivity contribution is -0.384. The molecule has 2 aliphatic rings. The Bertz CT molecular complexity index is 538. The Morgan fingerprint density at radius 2 is 1.62 bits per heavy atom. The van der Waals surface area contributed by atoms with E-state index in [9.17, 15) is 14.9 Å². The maximum Gasteiger partial charge on any atom is 0.314 e. The first-order valence-electron chi connectivity index (χ1n) is 8.19. The van der Waals surface area contributed by atoms with Crippen molar-refractivity contribution in [2.24, 2.45) is 5.73 Å². The molecule has 2 heterocycles. The largest absolute Gasteiger partial charge is 0.378 e. The third-order valence-corrected chi connectivity index (χ3v) is 4.10. The summed E-state index contributed by atoms with van der Waals surface area (Å²) >= 11 is 0. The van der Waals surface area contributed by atoms with Gasteiger partial charge in [0.2, 0.25) is 0 Å². The number of amides is 2. The number of carbonyl (C=O) groups is 1. The van der Waals surface area contributed by atoms with Crippen molar-refractivity contribution in [3.05, 3.63) is 34.4 Å². The Morgan fingerprint density at radius 1 is 1.04 bits per heavy atom. The van der Waals surface area contributed by atoms with Gasteiger partial charge in [0.1, 0.15) is 0 Å². The predicted octanol–water partition coefficient (Wildman–Crippen LogP) is 1.98. The number of morpholine rings is 1. The van der Waals surface area contributed by atoms with E-state index in [0.29, 0.717) is 26.3 Å². The van der Waals surface area contributed by atoms with Gasteiger partial charge in [0.15, 0.2) is 0 Å². The van der Waals surface area contributed by atoms with E-state index in [1.807, 2.05) is 12.1 Å². The molecule has 2 aliphatic heterocycles. The van der Waals surface area contributed by atoms with E-state index in [1.54, 1.807) is 17.0 Å². The fourth-order valence-electron chi connectivity index (χ4n) is 2.72. The van der Waals surface area contributed by atoms with E-state index in [0.717, 1.165) is 18.8 Å². The molecule has 0 bridgehead atoms. The quantitative estimate of drug-likeness (QED) is 0.657. The molecular formula is C16H24N4O4. The summed E-state index contributed by atoms with van der Waals surface area (Å²) in [4.78, 5) is 24.4. The van der Waals surface area contributed by atoms with Gasteiger partial charge in [0.05, 0.1) is 18.1 Å². The first kappa shape index (κ1) is 18.0. The Labute approximate surface area is 141 Å². The maximum absolute atomic E-state index is 10.5. The highest BCUT2D eigenvalue weighted by Gasteiger charge is 2.13. The third kappa shape index (κ3) is 5.38. The van der Waals surface area contributed by atoms with Gasteiger partial charge < -0.3 is 20.3 Å². The number of piperidine rings is 1. The number of nitro groups is 1. The number of nitro benzene ring substituents is 1. The van der Waals surface area contributed by atoms with Crippen LogP contribution in [0.1, 0.15) is 19.3 Å². The smallest absolute Gasteiger partial charge is 0.314 e.